The van der Waals surface area contributed by atoms with Gasteiger partial charge in [0.2, 0.25) is 11.9 Å². The fraction of sp³-hybridized carbons (Fsp3) is 0.562. The van der Waals surface area contributed by atoms with E-state index in [4.69, 9.17) is 5.73 Å². The molecule has 122 valence electrons. The van der Waals surface area contributed by atoms with E-state index in [0.717, 1.165) is 43.5 Å². The first-order valence-corrected chi connectivity index (χ1v) is 8.17. The zero-order valence-electron chi connectivity index (χ0n) is 13.0. The molecule has 4 N–H and O–H groups in total. The fourth-order valence-corrected chi connectivity index (χ4v) is 4.14. The number of carbonyl (C=O) groups is 1. The van der Waals surface area contributed by atoms with E-state index < -0.39 is 0 Å². The maximum Gasteiger partial charge on any atom is 0.255 e. The quantitative estimate of drug-likeness (QED) is 0.617. The number of hydrogen-bond donors (Lipinski definition) is 3. The Morgan fingerprint density at radius 2 is 2.13 bits per heavy atom. The van der Waals surface area contributed by atoms with Gasteiger partial charge in [-0.15, -0.1) is 0 Å². The molecule has 1 unspecified atom stereocenters. The molecule has 1 aliphatic carbocycles. The first kappa shape index (κ1) is 14.4. The highest BCUT2D eigenvalue weighted by Crippen LogP contribution is 2.44. The first-order chi connectivity index (χ1) is 11.1. The number of nitrogens with zero attached hydrogens (tertiary/aromatic N) is 2. The average molecular weight is 315 g/mol. The number of likely N-dealkylation sites (tertiary alicyclic amines) is 1. The van der Waals surface area contributed by atoms with Crippen LogP contribution in [0.5, 0.6) is 0 Å². The lowest BCUT2D eigenvalue weighted by Gasteiger charge is -2.40. The fourth-order valence-electron chi connectivity index (χ4n) is 4.14. The summed E-state index contributed by atoms with van der Waals surface area (Å²) in [5.74, 6) is 0.332. The number of anilines is 1. The zero-order chi connectivity index (χ0) is 16.0. The van der Waals surface area contributed by atoms with E-state index in [1.54, 1.807) is 0 Å². The average Bonchev–Trinajstić information content (AvgIpc) is 3.17. The third kappa shape index (κ3) is 2.26. The van der Waals surface area contributed by atoms with Crippen molar-refractivity contribution in [3.63, 3.8) is 0 Å². The number of amides is 1. The minimum atomic E-state index is -0.184. The predicted octanol–water partition coefficient (Wildman–Crippen LogP) is -0.313. The Morgan fingerprint density at radius 1 is 1.35 bits per heavy atom. The number of aromatic amines is 1. The molecule has 3 heterocycles. The maximum atomic E-state index is 12.5. The van der Waals surface area contributed by atoms with Crippen LogP contribution >= 0.6 is 0 Å². The lowest BCUT2D eigenvalue weighted by molar-refractivity contribution is -0.133. The summed E-state index contributed by atoms with van der Waals surface area (Å²) in [6.45, 7) is 2.17. The molecule has 0 bridgehead atoms. The molecule has 1 saturated heterocycles. The Balaban J connectivity index is 1.54. The monoisotopic (exact) mass is 315 g/mol. The standard InChI is InChI=1S/C16H21N5O2/c17-15-19-12-10(13(22)20-15)3-4-16(12)5-8-21(9-6-16)14(23)11-2-1-7-18-11/h1-2,11,18H,3-9H2,(H3,17,19,20,22). The van der Waals surface area contributed by atoms with Crippen LogP contribution in [0.25, 0.3) is 0 Å². The molecule has 0 aromatic carbocycles. The number of fused-ring (bicyclic) bond motifs is 2. The van der Waals surface area contributed by atoms with Crippen molar-refractivity contribution in [3.05, 3.63) is 33.8 Å². The van der Waals surface area contributed by atoms with Gasteiger partial charge in [0.15, 0.2) is 0 Å². The second-order valence-electron chi connectivity index (χ2n) is 6.70. The molecule has 2 aliphatic heterocycles. The summed E-state index contributed by atoms with van der Waals surface area (Å²) in [6.07, 6.45) is 7.28. The minimum absolute atomic E-state index is 0.0898. The normalized spacial score (nSPS) is 25.0. The van der Waals surface area contributed by atoms with E-state index in [1.165, 1.54) is 0 Å². The Hall–Kier alpha value is -2.15. The van der Waals surface area contributed by atoms with Gasteiger partial charge in [-0.3, -0.25) is 19.9 Å². The molecule has 3 aliphatic rings. The third-order valence-corrected chi connectivity index (χ3v) is 5.47. The number of hydrogen-bond acceptors (Lipinski definition) is 5. The van der Waals surface area contributed by atoms with Gasteiger partial charge in [-0.25, -0.2) is 4.98 Å². The highest BCUT2D eigenvalue weighted by Gasteiger charge is 2.45. The summed E-state index contributed by atoms with van der Waals surface area (Å²) in [7, 11) is 0. The number of rotatable bonds is 1. The number of nitrogens with two attached hydrogens (primary N) is 1. The van der Waals surface area contributed by atoms with Crippen molar-refractivity contribution in [1.29, 1.82) is 0 Å². The molecule has 1 amide bonds. The van der Waals surface area contributed by atoms with Gasteiger partial charge in [0.25, 0.3) is 5.56 Å². The van der Waals surface area contributed by atoms with Crippen LogP contribution in [0, 0.1) is 0 Å². The van der Waals surface area contributed by atoms with Crippen molar-refractivity contribution in [2.45, 2.75) is 37.1 Å². The van der Waals surface area contributed by atoms with Crippen molar-refractivity contribution in [2.75, 3.05) is 25.4 Å². The van der Waals surface area contributed by atoms with Gasteiger partial charge in [0, 0.05) is 30.6 Å². The van der Waals surface area contributed by atoms with E-state index >= 15 is 0 Å². The van der Waals surface area contributed by atoms with E-state index in [0.29, 0.717) is 13.1 Å². The molecular weight excluding hydrogens is 294 g/mol. The van der Waals surface area contributed by atoms with E-state index in [-0.39, 0.29) is 28.9 Å². The predicted molar refractivity (Wildman–Crippen MR) is 86.0 cm³/mol. The summed E-state index contributed by atoms with van der Waals surface area (Å²) in [5.41, 5.74) is 7.18. The van der Waals surface area contributed by atoms with E-state index in [1.807, 2.05) is 17.1 Å². The van der Waals surface area contributed by atoms with Crippen LogP contribution in [-0.2, 0) is 16.6 Å². The molecule has 1 aromatic heterocycles. The van der Waals surface area contributed by atoms with Crippen LogP contribution in [0.15, 0.2) is 16.9 Å². The van der Waals surface area contributed by atoms with Gasteiger partial charge in [-0.05, 0) is 25.7 Å². The third-order valence-electron chi connectivity index (χ3n) is 5.47. The topological polar surface area (TPSA) is 104 Å². The van der Waals surface area contributed by atoms with Gasteiger partial charge in [0.05, 0.1) is 5.69 Å². The molecule has 0 saturated carbocycles. The van der Waals surface area contributed by atoms with Gasteiger partial charge >= 0.3 is 0 Å². The van der Waals surface area contributed by atoms with Crippen LogP contribution in [0.3, 0.4) is 0 Å². The molecule has 7 heteroatoms. The highest BCUT2D eigenvalue weighted by atomic mass is 16.2. The van der Waals surface area contributed by atoms with E-state index in [9.17, 15) is 9.59 Å². The molecule has 23 heavy (non-hydrogen) atoms. The van der Waals surface area contributed by atoms with Crippen molar-refractivity contribution in [1.82, 2.24) is 20.2 Å². The first-order valence-electron chi connectivity index (χ1n) is 8.17. The lowest BCUT2D eigenvalue weighted by atomic mass is 9.76. The summed E-state index contributed by atoms with van der Waals surface area (Å²) in [5, 5.41) is 3.17. The summed E-state index contributed by atoms with van der Waals surface area (Å²) in [4.78, 5) is 33.5. The molecule has 1 fully saturated rings. The van der Waals surface area contributed by atoms with E-state index in [2.05, 4.69) is 15.3 Å². The maximum absolute atomic E-state index is 12.5. The molecule has 7 nitrogen and oxygen atoms in total. The molecule has 1 aromatic rings. The minimum Gasteiger partial charge on any atom is -0.369 e. The molecule has 4 rings (SSSR count). The zero-order valence-corrected chi connectivity index (χ0v) is 13.0. The van der Waals surface area contributed by atoms with Crippen LogP contribution in [0.2, 0.25) is 0 Å². The van der Waals surface area contributed by atoms with Crippen LogP contribution in [-0.4, -0.2) is 46.5 Å². The number of nitrogen functional groups attached to an aromatic ring is 1. The summed E-state index contributed by atoms with van der Waals surface area (Å²) >= 11 is 0. The van der Waals surface area contributed by atoms with Crippen molar-refractivity contribution in [3.8, 4) is 0 Å². The Kier molecular flexibility index (Phi) is 3.26. The molecule has 1 atom stereocenters. The van der Waals surface area contributed by atoms with Crippen LogP contribution in [0.4, 0.5) is 5.95 Å². The van der Waals surface area contributed by atoms with Crippen LogP contribution in [0.1, 0.15) is 30.5 Å². The second-order valence-corrected chi connectivity index (χ2v) is 6.70. The van der Waals surface area contributed by atoms with Crippen molar-refractivity contribution < 1.29 is 4.79 Å². The van der Waals surface area contributed by atoms with Crippen LogP contribution < -0.4 is 16.6 Å². The van der Waals surface area contributed by atoms with Gasteiger partial charge in [-0.2, -0.15) is 0 Å². The Morgan fingerprint density at radius 3 is 2.83 bits per heavy atom. The number of H-pyrrole nitrogens is 1. The highest BCUT2D eigenvalue weighted by molar-refractivity contribution is 5.84. The smallest absolute Gasteiger partial charge is 0.255 e. The second kappa shape index (κ2) is 5.19. The van der Waals surface area contributed by atoms with Crippen molar-refractivity contribution in [2.24, 2.45) is 0 Å². The number of piperidine rings is 1. The van der Waals surface area contributed by atoms with Gasteiger partial charge in [-0.1, -0.05) is 12.2 Å². The lowest BCUT2D eigenvalue weighted by Crippen LogP contribution is -2.50. The number of nitrogens with one attached hydrogen (secondary N) is 2. The number of carbonyl (C=O) groups excluding carboxylic acids is 1. The largest absolute Gasteiger partial charge is 0.369 e. The molecule has 1 spiro atoms. The van der Waals surface area contributed by atoms with Gasteiger partial charge in [0.1, 0.15) is 6.04 Å². The number of aromatic nitrogens is 2. The molecular formula is C16H21N5O2. The Labute approximate surface area is 134 Å². The SMILES string of the molecule is Nc1nc2c(c(=O)[nH]1)CCC21CCN(C(=O)C2C=CCN2)CC1. The Bertz CT molecular complexity index is 730. The summed E-state index contributed by atoms with van der Waals surface area (Å²) < 4.78 is 0. The summed E-state index contributed by atoms with van der Waals surface area (Å²) in [6, 6.07) is -0.184. The van der Waals surface area contributed by atoms with Crippen molar-refractivity contribution >= 4 is 11.9 Å². The van der Waals surface area contributed by atoms with Gasteiger partial charge < -0.3 is 10.6 Å². The molecule has 0 radical (unpaired) electrons.